The Kier molecular flexibility index (Phi) is 4.73. The molecule has 0 bridgehead atoms. The smallest absolute Gasteiger partial charge is 0.326 e. The van der Waals surface area contributed by atoms with Crippen molar-refractivity contribution < 1.29 is 18.8 Å². The van der Waals surface area contributed by atoms with Crippen LogP contribution in [0, 0.1) is 15.9 Å². The third-order valence-corrected chi connectivity index (χ3v) is 5.51. The minimum Gasteiger partial charge on any atom is -0.468 e. The molecule has 0 spiro atoms. The molecule has 1 aliphatic rings. The number of carbonyl (C=O) groups excluding carboxylic acids is 1. The number of methoxy groups -OCH3 is 1. The minimum atomic E-state index is -1.61. The number of nitrogens with zero attached hydrogens (tertiary/aromatic N) is 1. The number of hydrogen-bond acceptors (Lipinski definition) is 5. The van der Waals surface area contributed by atoms with E-state index in [1.807, 2.05) is 0 Å². The lowest BCUT2D eigenvalue weighted by atomic mass is 9.70. The van der Waals surface area contributed by atoms with Crippen LogP contribution >= 0.6 is 0 Å². The van der Waals surface area contributed by atoms with Crippen LogP contribution in [0.15, 0.2) is 54.6 Å². The Balaban J connectivity index is 2.26. The number of hydrogen-bond donors (Lipinski definition) is 1. The standard InChI is InChI=1S/C20H21FN2O4/c1-19(18(24)27-3)16(13-8-5-4-6-9-13)20(2,23(25)26)17(22-19)14-10-7-11-15(21)12-14/h4-12,16-17,22H,1-3H3/t16-,17+,19+,20+/m1/s1. The van der Waals surface area contributed by atoms with Gasteiger partial charge in [0, 0.05) is 11.8 Å². The van der Waals surface area contributed by atoms with Crippen molar-refractivity contribution in [2.75, 3.05) is 7.11 Å². The van der Waals surface area contributed by atoms with Gasteiger partial charge in [-0.25, -0.2) is 4.39 Å². The average Bonchev–Trinajstić information content (AvgIpc) is 2.91. The normalized spacial score (nSPS) is 30.1. The van der Waals surface area contributed by atoms with Crippen molar-refractivity contribution in [3.8, 4) is 0 Å². The van der Waals surface area contributed by atoms with Gasteiger partial charge in [0.2, 0.25) is 5.54 Å². The molecule has 4 atom stereocenters. The summed E-state index contributed by atoms with van der Waals surface area (Å²) in [6.45, 7) is 3.08. The first-order valence-corrected chi connectivity index (χ1v) is 8.56. The second-order valence-corrected chi connectivity index (χ2v) is 7.15. The van der Waals surface area contributed by atoms with E-state index in [1.165, 1.54) is 32.2 Å². The van der Waals surface area contributed by atoms with Gasteiger partial charge in [-0.3, -0.25) is 20.2 Å². The second-order valence-electron chi connectivity index (χ2n) is 7.15. The lowest BCUT2D eigenvalue weighted by Crippen LogP contribution is -2.51. The zero-order valence-electron chi connectivity index (χ0n) is 15.3. The van der Waals surface area contributed by atoms with E-state index < -0.39 is 34.8 Å². The Hall–Kier alpha value is -2.80. The minimum absolute atomic E-state index is 0.387. The topological polar surface area (TPSA) is 81.5 Å². The molecule has 1 N–H and O–H groups in total. The fourth-order valence-electron chi connectivity index (χ4n) is 4.30. The fraction of sp³-hybridized carbons (Fsp3) is 0.350. The summed E-state index contributed by atoms with van der Waals surface area (Å²) in [7, 11) is 1.25. The molecule has 7 heteroatoms. The maximum absolute atomic E-state index is 13.8. The molecule has 2 aromatic carbocycles. The number of carbonyl (C=O) groups is 1. The maximum Gasteiger partial charge on any atom is 0.326 e. The molecule has 1 fully saturated rings. The molecule has 0 unspecified atom stereocenters. The fourth-order valence-corrected chi connectivity index (χ4v) is 4.30. The number of ether oxygens (including phenoxy) is 1. The van der Waals surface area contributed by atoms with Crippen LogP contribution in [0.5, 0.6) is 0 Å². The predicted molar refractivity (Wildman–Crippen MR) is 97.3 cm³/mol. The second kappa shape index (κ2) is 6.74. The molecule has 0 aromatic heterocycles. The molecule has 27 heavy (non-hydrogen) atoms. The molecule has 0 saturated carbocycles. The van der Waals surface area contributed by atoms with Crippen molar-refractivity contribution in [2.45, 2.75) is 36.9 Å². The van der Waals surface area contributed by atoms with Crippen LogP contribution in [0.25, 0.3) is 0 Å². The SMILES string of the molecule is COC(=O)[C@@]1(C)N[C@@H](c2cccc(F)c2)[C@@](C)([N+](=O)[O-])[C@@H]1c1ccccc1. The molecule has 1 heterocycles. The average molecular weight is 372 g/mol. The molecular weight excluding hydrogens is 351 g/mol. The lowest BCUT2D eigenvalue weighted by molar-refractivity contribution is -0.571. The van der Waals surface area contributed by atoms with Gasteiger partial charge in [-0.2, -0.15) is 0 Å². The Morgan fingerprint density at radius 3 is 2.33 bits per heavy atom. The van der Waals surface area contributed by atoms with E-state index in [0.29, 0.717) is 11.1 Å². The van der Waals surface area contributed by atoms with E-state index >= 15 is 0 Å². The Bertz CT molecular complexity index is 875. The summed E-state index contributed by atoms with van der Waals surface area (Å²) in [4.78, 5) is 24.6. The molecule has 1 aliphatic heterocycles. The maximum atomic E-state index is 13.8. The Labute approximate surface area is 156 Å². The number of halogens is 1. The number of rotatable bonds is 4. The summed E-state index contributed by atoms with van der Waals surface area (Å²) in [5.41, 5.74) is -1.94. The number of nitro groups is 1. The van der Waals surface area contributed by atoms with Crippen LogP contribution in [-0.2, 0) is 9.53 Å². The monoisotopic (exact) mass is 372 g/mol. The highest BCUT2D eigenvalue weighted by atomic mass is 19.1. The van der Waals surface area contributed by atoms with Crippen LogP contribution in [0.1, 0.15) is 36.9 Å². The predicted octanol–water partition coefficient (Wildman–Crippen LogP) is 3.22. The molecular formula is C20H21FN2O4. The van der Waals surface area contributed by atoms with Crippen molar-refractivity contribution in [1.29, 1.82) is 0 Å². The number of nitrogens with one attached hydrogen (secondary N) is 1. The first-order chi connectivity index (χ1) is 12.7. The van der Waals surface area contributed by atoms with Crippen LogP contribution in [0.4, 0.5) is 4.39 Å². The first kappa shape index (κ1) is 19.0. The van der Waals surface area contributed by atoms with Crippen molar-refractivity contribution in [3.05, 3.63) is 81.7 Å². The largest absolute Gasteiger partial charge is 0.468 e. The van der Waals surface area contributed by atoms with Crippen LogP contribution in [0.3, 0.4) is 0 Å². The molecule has 0 amide bonds. The van der Waals surface area contributed by atoms with Crippen molar-refractivity contribution in [3.63, 3.8) is 0 Å². The molecule has 2 aromatic rings. The highest BCUT2D eigenvalue weighted by molar-refractivity contribution is 5.83. The summed E-state index contributed by atoms with van der Waals surface area (Å²) < 4.78 is 18.8. The van der Waals surface area contributed by atoms with Gasteiger partial charge in [0.1, 0.15) is 17.4 Å². The third-order valence-electron chi connectivity index (χ3n) is 5.51. The van der Waals surface area contributed by atoms with Gasteiger partial charge < -0.3 is 4.74 Å². The van der Waals surface area contributed by atoms with Gasteiger partial charge in [-0.1, -0.05) is 42.5 Å². The van der Waals surface area contributed by atoms with Gasteiger partial charge in [0.05, 0.1) is 13.0 Å². The summed E-state index contributed by atoms with van der Waals surface area (Å²) in [5.74, 6) is -1.94. The molecule has 0 radical (unpaired) electrons. The van der Waals surface area contributed by atoms with Crippen molar-refractivity contribution in [1.82, 2.24) is 5.32 Å². The quantitative estimate of drug-likeness (QED) is 0.506. The van der Waals surface area contributed by atoms with E-state index in [-0.39, 0.29) is 4.92 Å². The van der Waals surface area contributed by atoms with Gasteiger partial charge >= 0.3 is 5.97 Å². The summed E-state index contributed by atoms with van der Waals surface area (Å²) in [6.07, 6.45) is 0. The van der Waals surface area contributed by atoms with Crippen molar-refractivity contribution >= 4 is 5.97 Å². The summed E-state index contributed by atoms with van der Waals surface area (Å²) in [5, 5.41) is 15.4. The van der Waals surface area contributed by atoms with E-state index in [4.69, 9.17) is 4.74 Å². The zero-order valence-corrected chi connectivity index (χ0v) is 15.3. The Morgan fingerprint density at radius 2 is 1.78 bits per heavy atom. The Morgan fingerprint density at radius 1 is 1.15 bits per heavy atom. The van der Waals surface area contributed by atoms with E-state index in [2.05, 4.69) is 5.32 Å². The van der Waals surface area contributed by atoms with Crippen LogP contribution in [-0.4, -0.2) is 29.1 Å². The molecule has 6 nitrogen and oxygen atoms in total. The van der Waals surface area contributed by atoms with Gasteiger partial charge in [0.25, 0.3) is 0 Å². The highest BCUT2D eigenvalue weighted by Crippen LogP contribution is 2.53. The summed E-state index contributed by atoms with van der Waals surface area (Å²) >= 11 is 0. The third kappa shape index (κ3) is 2.88. The van der Waals surface area contributed by atoms with E-state index in [0.717, 1.165) is 0 Å². The van der Waals surface area contributed by atoms with Gasteiger partial charge in [0.15, 0.2) is 0 Å². The highest BCUT2D eigenvalue weighted by Gasteiger charge is 2.69. The van der Waals surface area contributed by atoms with Crippen LogP contribution < -0.4 is 5.32 Å². The number of benzene rings is 2. The molecule has 3 rings (SSSR count). The lowest BCUT2D eigenvalue weighted by Gasteiger charge is -2.32. The van der Waals surface area contributed by atoms with E-state index in [1.54, 1.807) is 43.3 Å². The summed E-state index contributed by atoms with van der Waals surface area (Å²) in [6, 6.07) is 13.6. The van der Waals surface area contributed by atoms with Gasteiger partial charge in [-0.15, -0.1) is 0 Å². The van der Waals surface area contributed by atoms with E-state index in [9.17, 15) is 19.3 Å². The van der Waals surface area contributed by atoms with Crippen LogP contribution in [0.2, 0.25) is 0 Å². The molecule has 0 aliphatic carbocycles. The first-order valence-electron chi connectivity index (χ1n) is 8.56. The molecule has 142 valence electrons. The van der Waals surface area contributed by atoms with Gasteiger partial charge in [-0.05, 0) is 30.2 Å². The molecule has 1 saturated heterocycles. The van der Waals surface area contributed by atoms with Crippen molar-refractivity contribution in [2.24, 2.45) is 0 Å². The number of esters is 1. The zero-order chi connectivity index (χ0) is 19.8.